The lowest BCUT2D eigenvalue weighted by molar-refractivity contribution is -0.129. The average molecular weight is 611 g/mol. The molecule has 3 aromatic carbocycles. The molecule has 3 aromatic rings. The first-order valence-corrected chi connectivity index (χ1v) is 15.9. The first-order valence-electron chi connectivity index (χ1n) is 12.3. The van der Waals surface area contributed by atoms with Crippen LogP contribution in [-0.2, 0) is 42.4 Å². The molecule has 0 radical (unpaired) electrons. The van der Waals surface area contributed by atoms with Crippen molar-refractivity contribution in [2.75, 3.05) is 12.3 Å². The lowest BCUT2D eigenvalue weighted by Gasteiger charge is -2.42. The third kappa shape index (κ3) is 5.09. The van der Waals surface area contributed by atoms with E-state index in [0.29, 0.717) is 33.9 Å². The van der Waals surface area contributed by atoms with E-state index in [4.69, 9.17) is 21.5 Å². The number of halogens is 3. The van der Waals surface area contributed by atoms with Crippen LogP contribution in [0.3, 0.4) is 0 Å². The maximum Gasteiger partial charge on any atom is 0.239 e. The minimum absolute atomic E-state index is 0.000159. The van der Waals surface area contributed by atoms with Crippen molar-refractivity contribution in [1.82, 2.24) is 4.90 Å². The summed E-state index contributed by atoms with van der Waals surface area (Å²) in [6.07, 6.45) is 0.598. The minimum atomic E-state index is -4.22. The van der Waals surface area contributed by atoms with E-state index < -0.39 is 53.9 Å². The Morgan fingerprint density at radius 1 is 1.02 bits per heavy atom. The van der Waals surface area contributed by atoms with E-state index in [1.54, 1.807) is 18.2 Å². The van der Waals surface area contributed by atoms with Crippen molar-refractivity contribution >= 4 is 37.4 Å². The molecule has 0 aromatic heterocycles. The van der Waals surface area contributed by atoms with Gasteiger partial charge in [-0.1, -0.05) is 17.7 Å². The predicted molar refractivity (Wildman–Crippen MR) is 144 cm³/mol. The van der Waals surface area contributed by atoms with Crippen LogP contribution < -0.4 is 9.88 Å². The molecule has 1 aliphatic heterocycles. The molecule has 1 fully saturated rings. The zero-order valence-electron chi connectivity index (χ0n) is 21.0. The molecular formula is C27H25ClF2N2O6S2. The number of hydrogen-bond acceptors (Lipinski definition) is 6. The number of sulfone groups is 1. The van der Waals surface area contributed by atoms with Crippen LogP contribution in [0.1, 0.15) is 29.5 Å². The second-order valence-corrected chi connectivity index (χ2v) is 14.1. The number of carbonyl (C=O) groups excluding carboxylic acids is 1. The molecule has 1 aliphatic carbocycles. The molecule has 1 saturated heterocycles. The fourth-order valence-electron chi connectivity index (χ4n) is 5.79. The van der Waals surface area contributed by atoms with Gasteiger partial charge in [-0.2, -0.15) is 0 Å². The smallest absolute Gasteiger partial charge is 0.239 e. The van der Waals surface area contributed by atoms with Crippen molar-refractivity contribution < 1.29 is 35.1 Å². The second-order valence-electron chi connectivity index (χ2n) is 9.89. The van der Waals surface area contributed by atoms with Crippen LogP contribution in [0.25, 0.3) is 0 Å². The zero-order valence-corrected chi connectivity index (χ0v) is 23.4. The number of benzene rings is 3. The Morgan fingerprint density at radius 3 is 2.42 bits per heavy atom. The fraction of sp³-hybridized carbons (Fsp3) is 0.296. The number of nitrogens with two attached hydrogens (primary N) is 1. The normalized spacial score (nSPS) is 20.6. The lowest BCUT2D eigenvalue weighted by Crippen LogP contribution is -2.53. The molecule has 1 heterocycles. The molecule has 0 spiro atoms. The summed E-state index contributed by atoms with van der Waals surface area (Å²) < 4.78 is 83.5. The number of carbonyl (C=O) groups is 1. The summed E-state index contributed by atoms with van der Waals surface area (Å²) in [7, 11) is -8.36. The van der Waals surface area contributed by atoms with Crippen LogP contribution in [0.4, 0.5) is 8.78 Å². The van der Waals surface area contributed by atoms with Crippen LogP contribution in [0.5, 0.6) is 5.75 Å². The Labute approximate surface area is 235 Å². The summed E-state index contributed by atoms with van der Waals surface area (Å²) in [6.45, 7) is -0.0257. The van der Waals surface area contributed by atoms with Crippen LogP contribution in [-0.4, -0.2) is 46.0 Å². The van der Waals surface area contributed by atoms with E-state index in [9.17, 15) is 30.4 Å². The highest BCUT2D eigenvalue weighted by atomic mass is 35.5. The highest BCUT2D eigenvalue weighted by molar-refractivity contribution is 7.92. The number of nitrogens with zero attached hydrogens (tertiary/aromatic N) is 1. The van der Waals surface area contributed by atoms with Gasteiger partial charge in [-0.3, -0.25) is 4.79 Å². The van der Waals surface area contributed by atoms with E-state index >= 15 is 0 Å². The first-order chi connectivity index (χ1) is 18.8. The Kier molecular flexibility index (Phi) is 7.40. The lowest BCUT2D eigenvalue weighted by atomic mass is 9.78. The highest BCUT2D eigenvalue weighted by Gasteiger charge is 2.60. The quantitative estimate of drug-likeness (QED) is 0.407. The molecular weight excluding hydrogens is 586 g/mol. The van der Waals surface area contributed by atoms with Crippen molar-refractivity contribution in [1.29, 1.82) is 0 Å². The summed E-state index contributed by atoms with van der Waals surface area (Å²) in [5.74, 6) is -2.38. The number of rotatable bonds is 7. The van der Waals surface area contributed by atoms with Crippen molar-refractivity contribution in [3.8, 4) is 5.75 Å². The van der Waals surface area contributed by atoms with Crippen molar-refractivity contribution in [3.05, 3.63) is 94.0 Å². The molecule has 5 rings (SSSR count). The molecule has 40 heavy (non-hydrogen) atoms. The van der Waals surface area contributed by atoms with Crippen molar-refractivity contribution in [3.63, 3.8) is 0 Å². The number of sulfonamides is 1. The molecule has 0 saturated carbocycles. The minimum Gasteiger partial charge on any atom is -0.489 e. The van der Waals surface area contributed by atoms with Gasteiger partial charge in [-0.25, -0.2) is 30.8 Å². The zero-order chi connectivity index (χ0) is 28.9. The van der Waals surface area contributed by atoms with Gasteiger partial charge in [-0.05, 0) is 85.0 Å². The Balaban J connectivity index is 1.56. The molecule has 13 heteroatoms. The SMILES string of the molecule is NS(=O)(=O)CC(=O)N1CC[C@@]2(S(=O)(=O)c3ccc(F)cc3)c3ccc(OCc4cc(F)ccc4Cl)cc3CC[C@@H]12. The van der Waals surface area contributed by atoms with Crippen LogP contribution in [0.2, 0.25) is 5.02 Å². The standard InChI is InChI=1S/C27H25ClF2N2O6S2/c28-24-9-4-20(30)13-18(24)15-38-21-5-8-23-17(14-21)1-10-25-27(23,11-12-32(25)26(33)16-39(31,34)35)40(36,37)22-6-2-19(29)3-7-22/h2-9,13-14,25H,1,10-12,15-16H2,(H2,31,34,35)/t25-,27-/m1/s1. The second kappa shape index (κ2) is 10.4. The molecule has 0 bridgehead atoms. The molecule has 212 valence electrons. The largest absolute Gasteiger partial charge is 0.489 e. The van der Waals surface area contributed by atoms with E-state index in [1.807, 2.05) is 0 Å². The number of fused-ring (bicyclic) bond motifs is 3. The van der Waals surface area contributed by atoms with Gasteiger partial charge in [0.15, 0.2) is 9.84 Å². The topological polar surface area (TPSA) is 124 Å². The Bertz CT molecular complexity index is 1700. The van der Waals surface area contributed by atoms with E-state index in [0.717, 1.165) is 12.1 Å². The van der Waals surface area contributed by atoms with E-state index in [2.05, 4.69) is 0 Å². The Morgan fingerprint density at radius 2 is 1.73 bits per heavy atom. The summed E-state index contributed by atoms with van der Waals surface area (Å²) >= 11 is 6.14. The number of aryl methyl sites for hydroxylation is 1. The van der Waals surface area contributed by atoms with Gasteiger partial charge in [0.05, 0.1) is 10.9 Å². The van der Waals surface area contributed by atoms with E-state index in [1.165, 1.54) is 35.2 Å². The molecule has 2 atom stereocenters. The highest BCUT2D eigenvalue weighted by Crippen LogP contribution is 2.53. The first kappa shape index (κ1) is 28.5. The molecule has 1 amide bonds. The molecule has 8 nitrogen and oxygen atoms in total. The number of hydrogen-bond donors (Lipinski definition) is 1. The summed E-state index contributed by atoms with van der Waals surface area (Å²) in [5.41, 5.74) is 1.57. The molecule has 2 aliphatic rings. The maximum atomic E-state index is 14.3. The van der Waals surface area contributed by atoms with Gasteiger partial charge in [-0.15, -0.1) is 0 Å². The summed E-state index contributed by atoms with van der Waals surface area (Å²) in [6, 6.07) is 12.4. The number of amides is 1. The summed E-state index contributed by atoms with van der Waals surface area (Å²) in [4.78, 5) is 14.1. The monoisotopic (exact) mass is 610 g/mol. The number of ether oxygens (including phenoxy) is 1. The van der Waals surface area contributed by atoms with Gasteiger partial charge in [0.25, 0.3) is 0 Å². The van der Waals surface area contributed by atoms with Crippen molar-refractivity contribution in [2.24, 2.45) is 5.14 Å². The van der Waals surface area contributed by atoms with Gasteiger partial charge in [0, 0.05) is 17.1 Å². The third-order valence-electron chi connectivity index (χ3n) is 7.51. The van der Waals surface area contributed by atoms with E-state index in [-0.39, 0.29) is 30.9 Å². The number of likely N-dealkylation sites (tertiary alicyclic amines) is 1. The van der Waals surface area contributed by atoms with Gasteiger partial charge in [0.2, 0.25) is 15.9 Å². The predicted octanol–water partition coefficient (Wildman–Crippen LogP) is 3.70. The molecule has 0 unspecified atom stereocenters. The van der Waals surface area contributed by atoms with Crippen LogP contribution >= 0.6 is 11.6 Å². The van der Waals surface area contributed by atoms with Crippen LogP contribution in [0, 0.1) is 11.6 Å². The van der Waals surface area contributed by atoms with Gasteiger partial charge < -0.3 is 9.64 Å². The van der Waals surface area contributed by atoms with Crippen molar-refractivity contribution in [2.45, 2.75) is 41.6 Å². The average Bonchev–Trinajstić information content (AvgIpc) is 3.30. The fourth-order valence-corrected chi connectivity index (χ4v) is 8.84. The number of primary sulfonamides is 1. The third-order valence-corrected chi connectivity index (χ3v) is 11.1. The van der Waals surface area contributed by atoms with Crippen LogP contribution in [0.15, 0.2) is 65.6 Å². The van der Waals surface area contributed by atoms with Gasteiger partial charge >= 0.3 is 0 Å². The summed E-state index contributed by atoms with van der Waals surface area (Å²) in [5, 5.41) is 5.44. The molecule has 2 N–H and O–H groups in total. The maximum absolute atomic E-state index is 14.3. The van der Waals surface area contributed by atoms with Gasteiger partial charge in [0.1, 0.15) is 34.5 Å². The Hall–Kier alpha value is -3.06.